The van der Waals surface area contributed by atoms with Gasteiger partial charge in [0.15, 0.2) is 0 Å². The summed E-state index contributed by atoms with van der Waals surface area (Å²) in [5.74, 6) is -0.900. The Morgan fingerprint density at radius 2 is 2.00 bits per heavy atom. The highest BCUT2D eigenvalue weighted by molar-refractivity contribution is 5.97. The molecular weight excluding hydrogens is 314 g/mol. The zero-order valence-corrected chi connectivity index (χ0v) is 13.9. The van der Waals surface area contributed by atoms with E-state index in [1.165, 1.54) is 6.20 Å². The lowest BCUT2D eigenvalue weighted by atomic mass is 9.85. The third-order valence-electron chi connectivity index (χ3n) is 3.75. The van der Waals surface area contributed by atoms with E-state index in [-0.39, 0.29) is 37.1 Å². The number of ether oxygens (including phenoxy) is 2. The van der Waals surface area contributed by atoms with Gasteiger partial charge in [0.2, 0.25) is 11.7 Å². The molecule has 7 nitrogen and oxygen atoms in total. The maximum atomic E-state index is 12.1. The summed E-state index contributed by atoms with van der Waals surface area (Å²) in [5, 5.41) is 0. The molecule has 0 aromatic carbocycles. The minimum absolute atomic E-state index is 0.0632. The van der Waals surface area contributed by atoms with Gasteiger partial charge in [-0.1, -0.05) is 6.08 Å². The lowest BCUT2D eigenvalue weighted by Crippen LogP contribution is -2.21. The third kappa shape index (κ3) is 4.53. The molecule has 0 N–H and O–H groups in total. The van der Waals surface area contributed by atoms with Gasteiger partial charge in [-0.05, 0) is 33.1 Å². The zero-order chi connectivity index (χ0) is 17.5. The maximum Gasteiger partial charge on any atom is 0.375 e. The highest BCUT2D eigenvalue weighted by atomic mass is 16.5. The van der Waals surface area contributed by atoms with E-state index in [4.69, 9.17) is 13.9 Å². The number of hydrogen-bond donors (Lipinski definition) is 0. The molecule has 1 heterocycles. The molecule has 0 bridgehead atoms. The molecule has 1 atom stereocenters. The molecule has 1 aromatic heterocycles. The summed E-state index contributed by atoms with van der Waals surface area (Å²) in [7, 11) is 0. The molecule has 0 fully saturated rings. The first-order valence-electron chi connectivity index (χ1n) is 8.05. The number of allylic oxidation sites excluding steroid dienone is 2. The Labute approximate surface area is 140 Å². The van der Waals surface area contributed by atoms with Crippen LogP contribution in [0.3, 0.4) is 0 Å². The Balaban J connectivity index is 1.94. The number of carbonyl (C=O) groups is 3. The molecule has 24 heavy (non-hydrogen) atoms. The summed E-state index contributed by atoms with van der Waals surface area (Å²) in [6.45, 7) is 3.96. The fraction of sp³-hybridized carbons (Fsp3) is 0.529. The maximum absolute atomic E-state index is 12.1. The van der Waals surface area contributed by atoms with E-state index in [0.717, 1.165) is 5.57 Å². The van der Waals surface area contributed by atoms with Crippen LogP contribution in [0, 0.1) is 5.92 Å². The van der Waals surface area contributed by atoms with E-state index < -0.39 is 11.9 Å². The molecule has 0 saturated carbocycles. The average Bonchev–Trinajstić information content (AvgIpc) is 3.05. The van der Waals surface area contributed by atoms with E-state index in [1.54, 1.807) is 13.8 Å². The molecule has 7 heteroatoms. The average molecular weight is 335 g/mol. The van der Waals surface area contributed by atoms with Crippen LogP contribution in [0.1, 0.15) is 56.0 Å². The van der Waals surface area contributed by atoms with Crippen molar-refractivity contribution in [2.24, 2.45) is 5.92 Å². The molecule has 0 aliphatic heterocycles. The third-order valence-corrected chi connectivity index (χ3v) is 3.75. The van der Waals surface area contributed by atoms with Crippen LogP contribution in [0.25, 0.3) is 5.57 Å². The van der Waals surface area contributed by atoms with Crippen LogP contribution in [0.4, 0.5) is 0 Å². The molecule has 0 saturated heterocycles. The van der Waals surface area contributed by atoms with E-state index in [9.17, 15) is 14.4 Å². The first-order chi connectivity index (χ1) is 11.5. The van der Waals surface area contributed by atoms with Gasteiger partial charge < -0.3 is 13.9 Å². The van der Waals surface area contributed by atoms with Crippen molar-refractivity contribution < 1.29 is 28.3 Å². The van der Waals surface area contributed by atoms with Crippen LogP contribution < -0.4 is 0 Å². The Hall–Kier alpha value is -2.44. The van der Waals surface area contributed by atoms with Crippen LogP contribution in [-0.2, 0) is 19.1 Å². The standard InChI is InChI=1S/C17H21NO6/c1-3-22-15(20)9-13(19)11-5-7-12(8-6-11)16-18-10-14(24-16)17(21)23-4-2/h7,10-11H,3-6,8-9H2,1-2H3. The minimum atomic E-state index is -0.546. The zero-order valence-electron chi connectivity index (χ0n) is 13.9. The van der Waals surface area contributed by atoms with Gasteiger partial charge in [-0.15, -0.1) is 0 Å². The summed E-state index contributed by atoms with van der Waals surface area (Å²) in [4.78, 5) is 39.1. The number of nitrogens with zero attached hydrogens (tertiary/aromatic N) is 1. The fourth-order valence-corrected chi connectivity index (χ4v) is 2.54. The largest absolute Gasteiger partial charge is 0.466 e. The highest BCUT2D eigenvalue weighted by Crippen LogP contribution is 2.31. The number of hydrogen-bond acceptors (Lipinski definition) is 7. The second kappa shape index (κ2) is 8.42. The van der Waals surface area contributed by atoms with Crippen molar-refractivity contribution in [3.63, 3.8) is 0 Å². The Morgan fingerprint density at radius 1 is 1.25 bits per heavy atom. The van der Waals surface area contributed by atoms with Gasteiger partial charge in [-0.2, -0.15) is 0 Å². The number of esters is 2. The Kier molecular flexibility index (Phi) is 6.28. The molecule has 1 aliphatic rings. The number of aromatic nitrogens is 1. The summed E-state index contributed by atoms with van der Waals surface area (Å²) < 4.78 is 15.1. The molecule has 1 aromatic rings. The number of ketones is 1. The van der Waals surface area contributed by atoms with Crippen LogP contribution in [-0.4, -0.2) is 35.9 Å². The van der Waals surface area contributed by atoms with Gasteiger partial charge >= 0.3 is 11.9 Å². The summed E-state index contributed by atoms with van der Waals surface area (Å²) >= 11 is 0. The number of rotatable bonds is 7. The normalized spacial score (nSPS) is 17.1. The van der Waals surface area contributed by atoms with E-state index >= 15 is 0 Å². The number of carbonyl (C=O) groups excluding carboxylic acids is 3. The van der Waals surface area contributed by atoms with Crippen LogP contribution in [0.15, 0.2) is 16.7 Å². The molecule has 2 rings (SSSR count). The smallest absolute Gasteiger partial charge is 0.375 e. The first-order valence-corrected chi connectivity index (χ1v) is 8.05. The molecule has 0 amide bonds. The van der Waals surface area contributed by atoms with Gasteiger partial charge in [-0.25, -0.2) is 9.78 Å². The number of oxazole rings is 1. The lowest BCUT2D eigenvalue weighted by Gasteiger charge is -2.19. The summed E-state index contributed by atoms with van der Waals surface area (Å²) in [6.07, 6.45) is 4.76. The van der Waals surface area contributed by atoms with Crippen LogP contribution in [0.2, 0.25) is 0 Å². The Morgan fingerprint density at radius 3 is 2.62 bits per heavy atom. The van der Waals surface area contributed by atoms with Crippen molar-refractivity contribution in [2.75, 3.05) is 13.2 Å². The van der Waals surface area contributed by atoms with Crippen LogP contribution in [0.5, 0.6) is 0 Å². The van der Waals surface area contributed by atoms with Crippen molar-refractivity contribution in [3.05, 3.63) is 23.9 Å². The second-order valence-corrected chi connectivity index (χ2v) is 5.40. The molecule has 1 unspecified atom stereocenters. The Bertz CT molecular complexity index is 645. The lowest BCUT2D eigenvalue weighted by molar-refractivity contribution is -0.146. The monoisotopic (exact) mass is 335 g/mol. The quantitative estimate of drug-likeness (QED) is 0.558. The van der Waals surface area contributed by atoms with Crippen molar-refractivity contribution in [1.29, 1.82) is 0 Å². The van der Waals surface area contributed by atoms with E-state index in [1.807, 2.05) is 6.08 Å². The van der Waals surface area contributed by atoms with Crippen LogP contribution >= 0.6 is 0 Å². The van der Waals surface area contributed by atoms with Crippen molar-refractivity contribution >= 4 is 23.3 Å². The van der Waals surface area contributed by atoms with Crippen molar-refractivity contribution in [1.82, 2.24) is 4.98 Å². The molecule has 0 radical (unpaired) electrons. The SMILES string of the molecule is CCOC(=O)CC(=O)C1CC=C(c2ncc(C(=O)OCC)o2)CC1. The molecular formula is C17H21NO6. The predicted molar refractivity (Wildman–Crippen MR) is 84.0 cm³/mol. The van der Waals surface area contributed by atoms with Crippen molar-refractivity contribution in [3.8, 4) is 0 Å². The van der Waals surface area contributed by atoms with Gasteiger partial charge in [0.05, 0.1) is 19.4 Å². The highest BCUT2D eigenvalue weighted by Gasteiger charge is 2.26. The summed E-state index contributed by atoms with van der Waals surface area (Å²) in [6, 6.07) is 0. The molecule has 1 aliphatic carbocycles. The van der Waals surface area contributed by atoms with Crippen molar-refractivity contribution in [2.45, 2.75) is 39.5 Å². The second-order valence-electron chi connectivity index (χ2n) is 5.40. The topological polar surface area (TPSA) is 95.7 Å². The van der Waals surface area contributed by atoms with E-state index in [0.29, 0.717) is 25.2 Å². The minimum Gasteiger partial charge on any atom is -0.466 e. The number of Topliss-reactive ketones (excluding diaryl/α,β-unsaturated/α-hetero) is 1. The van der Waals surface area contributed by atoms with Gasteiger partial charge in [0, 0.05) is 11.5 Å². The van der Waals surface area contributed by atoms with Gasteiger partial charge in [-0.3, -0.25) is 9.59 Å². The van der Waals surface area contributed by atoms with E-state index in [2.05, 4.69) is 4.98 Å². The fourth-order valence-electron chi connectivity index (χ4n) is 2.54. The van der Waals surface area contributed by atoms with Gasteiger partial charge in [0.25, 0.3) is 0 Å². The first kappa shape index (κ1) is 17.9. The summed E-state index contributed by atoms with van der Waals surface area (Å²) in [5.41, 5.74) is 0.853. The molecule has 0 spiro atoms. The predicted octanol–water partition coefficient (Wildman–Crippen LogP) is 2.56. The molecule has 130 valence electrons. The van der Waals surface area contributed by atoms with Gasteiger partial charge in [0.1, 0.15) is 12.2 Å².